The van der Waals surface area contributed by atoms with Gasteiger partial charge in [-0.1, -0.05) is 29.8 Å². The van der Waals surface area contributed by atoms with Gasteiger partial charge >= 0.3 is 6.03 Å². The first-order valence-corrected chi connectivity index (χ1v) is 9.46. The summed E-state index contributed by atoms with van der Waals surface area (Å²) in [5.41, 5.74) is 5.35. The lowest BCUT2D eigenvalue weighted by molar-refractivity contribution is 0.182. The number of amides is 2. The van der Waals surface area contributed by atoms with Crippen molar-refractivity contribution in [2.75, 3.05) is 11.9 Å². The van der Waals surface area contributed by atoms with Crippen molar-refractivity contribution in [2.24, 2.45) is 0 Å². The standard InChI is InChI=1S/C22H22ClN3O/c1-15-5-10-19(14-16(15)2)24-22(27)26-13-12-25-11-3-4-20(25)21(26)17-6-8-18(23)9-7-17/h3-11,14,21H,12-13H2,1-2H3,(H,24,27). The molecule has 2 amide bonds. The van der Waals surface area contributed by atoms with Crippen molar-refractivity contribution in [1.82, 2.24) is 9.47 Å². The average molecular weight is 380 g/mol. The van der Waals surface area contributed by atoms with Crippen LogP contribution in [0.25, 0.3) is 0 Å². The van der Waals surface area contributed by atoms with Gasteiger partial charge < -0.3 is 14.8 Å². The van der Waals surface area contributed by atoms with Crippen molar-refractivity contribution < 1.29 is 4.79 Å². The highest BCUT2D eigenvalue weighted by Gasteiger charge is 2.32. The number of rotatable bonds is 2. The van der Waals surface area contributed by atoms with E-state index >= 15 is 0 Å². The van der Waals surface area contributed by atoms with Crippen LogP contribution < -0.4 is 5.32 Å². The monoisotopic (exact) mass is 379 g/mol. The van der Waals surface area contributed by atoms with Crippen molar-refractivity contribution in [1.29, 1.82) is 0 Å². The Morgan fingerprint density at radius 3 is 2.56 bits per heavy atom. The molecule has 27 heavy (non-hydrogen) atoms. The minimum atomic E-state index is -0.141. The zero-order valence-corrected chi connectivity index (χ0v) is 16.2. The van der Waals surface area contributed by atoms with E-state index in [2.05, 4.69) is 36.0 Å². The molecule has 0 saturated carbocycles. The molecular formula is C22H22ClN3O. The zero-order chi connectivity index (χ0) is 19.0. The van der Waals surface area contributed by atoms with Crippen molar-refractivity contribution >= 4 is 23.3 Å². The van der Waals surface area contributed by atoms with Gasteiger partial charge in [0.1, 0.15) is 0 Å². The number of aryl methyl sites for hydroxylation is 2. The number of fused-ring (bicyclic) bond motifs is 1. The molecule has 4 nitrogen and oxygen atoms in total. The number of aromatic nitrogens is 1. The van der Waals surface area contributed by atoms with Crippen LogP contribution in [0.2, 0.25) is 5.02 Å². The van der Waals surface area contributed by atoms with Crippen LogP contribution in [0, 0.1) is 13.8 Å². The number of nitrogens with one attached hydrogen (secondary N) is 1. The second-order valence-corrected chi connectivity index (χ2v) is 7.44. The Hall–Kier alpha value is -2.72. The minimum Gasteiger partial charge on any atom is -0.348 e. The molecule has 0 radical (unpaired) electrons. The first-order chi connectivity index (χ1) is 13.0. The lowest BCUT2D eigenvalue weighted by atomic mass is 10.0. The number of carbonyl (C=O) groups excluding carboxylic acids is 1. The molecule has 2 heterocycles. The van der Waals surface area contributed by atoms with Gasteiger partial charge in [-0.2, -0.15) is 0 Å². The summed E-state index contributed by atoms with van der Waals surface area (Å²) >= 11 is 6.07. The molecule has 4 rings (SSSR count). The first kappa shape index (κ1) is 17.7. The van der Waals surface area contributed by atoms with Gasteiger partial charge in [0.2, 0.25) is 0 Å². The van der Waals surface area contributed by atoms with E-state index in [4.69, 9.17) is 11.6 Å². The van der Waals surface area contributed by atoms with Crippen molar-refractivity contribution in [3.05, 3.63) is 88.2 Å². The molecule has 0 fully saturated rings. The van der Waals surface area contributed by atoms with Crippen molar-refractivity contribution in [3.8, 4) is 0 Å². The Morgan fingerprint density at radius 2 is 1.81 bits per heavy atom. The molecule has 1 atom stereocenters. The molecule has 1 aliphatic rings. The summed E-state index contributed by atoms with van der Waals surface area (Å²) in [7, 11) is 0. The first-order valence-electron chi connectivity index (χ1n) is 9.08. The van der Waals surface area contributed by atoms with E-state index in [9.17, 15) is 4.79 Å². The lowest BCUT2D eigenvalue weighted by Crippen LogP contribution is -2.44. The molecule has 0 saturated heterocycles. The van der Waals surface area contributed by atoms with Crippen LogP contribution in [0.5, 0.6) is 0 Å². The Balaban J connectivity index is 1.66. The van der Waals surface area contributed by atoms with Crippen molar-refractivity contribution in [3.63, 3.8) is 0 Å². The highest BCUT2D eigenvalue weighted by Crippen LogP contribution is 2.33. The number of urea groups is 1. The van der Waals surface area contributed by atoms with Gasteiger partial charge in [-0.25, -0.2) is 4.79 Å². The van der Waals surface area contributed by atoms with Gasteiger partial charge in [-0.05, 0) is 66.9 Å². The van der Waals surface area contributed by atoms with Crippen LogP contribution in [0.15, 0.2) is 60.8 Å². The van der Waals surface area contributed by atoms with E-state index in [0.717, 1.165) is 29.1 Å². The number of halogens is 1. The summed E-state index contributed by atoms with van der Waals surface area (Å²) in [6, 6.07) is 17.6. The van der Waals surface area contributed by atoms with Crippen LogP contribution in [-0.4, -0.2) is 22.0 Å². The molecule has 1 aromatic heterocycles. The fraction of sp³-hybridized carbons (Fsp3) is 0.227. The molecule has 1 aliphatic heterocycles. The topological polar surface area (TPSA) is 37.3 Å². The van der Waals surface area contributed by atoms with Gasteiger partial charge in [0, 0.05) is 35.7 Å². The molecular weight excluding hydrogens is 358 g/mol. The minimum absolute atomic E-state index is 0.0920. The zero-order valence-electron chi connectivity index (χ0n) is 15.4. The van der Waals surface area contributed by atoms with Gasteiger partial charge in [0.15, 0.2) is 0 Å². The maximum Gasteiger partial charge on any atom is 0.322 e. The Bertz CT molecular complexity index is 977. The fourth-order valence-electron chi connectivity index (χ4n) is 3.61. The number of nitrogens with zero attached hydrogens (tertiary/aromatic N) is 2. The van der Waals surface area contributed by atoms with Crippen LogP contribution in [0.3, 0.4) is 0 Å². The number of anilines is 1. The SMILES string of the molecule is Cc1ccc(NC(=O)N2CCn3cccc3C2c2ccc(Cl)cc2)cc1C. The molecule has 138 valence electrons. The molecule has 0 aliphatic carbocycles. The fourth-order valence-corrected chi connectivity index (χ4v) is 3.74. The summed E-state index contributed by atoms with van der Waals surface area (Å²) < 4.78 is 2.21. The third-order valence-electron chi connectivity index (χ3n) is 5.24. The molecule has 1 N–H and O–H groups in total. The summed E-state index contributed by atoms with van der Waals surface area (Å²) in [6.45, 7) is 5.55. The van der Waals surface area contributed by atoms with E-state index in [1.807, 2.05) is 53.4 Å². The van der Waals surface area contributed by atoms with E-state index < -0.39 is 0 Å². The van der Waals surface area contributed by atoms with E-state index in [0.29, 0.717) is 11.6 Å². The molecule has 2 aromatic carbocycles. The third-order valence-corrected chi connectivity index (χ3v) is 5.50. The van der Waals surface area contributed by atoms with Crippen LogP contribution in [-0.2, 0) is 6.54 Å². The molecule has 5 heteroatoms. The number of hydrogen-bond acceptors (Lipinski definition) is 1. The van der Waals surface area contributed by atoms with Gasteiger partial charge in [0.05, 0.1) is 6.04 Å². The third kappa shape index (κ3) is 3.45. The maximum absolute atomic E-state index is 13.1. The summed E-state index contributed by atoms with van der Waals surface area (Å²) in [6.07, 6.45) is 2.07. The van der Waals surface area contributed by atoms with Crippen LogP contribution in [0.4, 0.5) is 10.5 Å². The highest BCUT2D eigenvalue weighted by atomic mass is 35.5. The predicted octanol–water partition coefficient (Wildman–Crippen LogP) is 5.40. The van der Waals surface area contributed by atoms with Gasteiger partial charge in [-0.15, -0.1) is 0 Å². The predicted molar refractivity (Wildman–Crippen MR) is 109 cm³/mol. The maximum atomic E-state index is 13.1. The molecule has 0 bridgehead atoms. The Labute approximate surface area is 164 Å². The van der Waals surface area contributed by atoms with Crippen LogP contribution >= 0.6 is 11.6 Å². The van der Waals surface area contributed by atoms with E-state index in [-0.39, 0.29) is 12.1 Å². The largest absolute Gasteiger partial charge is 0.348 e. The van der Waals surface area contributed by atoms with Crippen molar-refractivity contribution in [2.45, 2.75) is 26.4 Å². The summed E-state index contributed by atoms with van der Waals surface area (Å²) in [5.74, 6) is 0. The summed E-state index contributed by atoms with van der Waals surface area (Å²) in [4.78, 5) is 15.0. The Morgan fingerprint density at radius 1 is 1.04 bits per heavy atom. The number of benzene rings is 2. The highest BCUT2D eigenvalue weighted by molar-refractivity contribution is 6.30. The normalized spacial score (nSPS) is 16.1. The lowest BCUT2D eigenvalue weighted by Gasteiger charge is -2.37. The van der Waals surface area contributed by atoms with E-state index in [1.165, 1.54) is 5.56 Å². The second kappa shape index (κ2) is 7.12. The molecule has 0 spiro atoms. The summed E-state index contributed by atoms with van der Waals surface area (Å²) in [5, 5.41) is 3.76. The number of hydrogen-bond donors (Lipinski definition) is 1. The Kier molecular flexibility index (Phi) is 4.66. The quantitative estimate of drug-likeness (QED) is 0.636. The molecule has 3 aromatic rings. The average Bonchev–Trinajstić information content (AvgIpc) is 3.13. The smallest absolute Gasteiger partial charge is 0.322 e. The second-order valence-electron chi connectivity index (χ2n) is 7.00. The van der Waals surface area contributed by atoms with Crippen LogP contribution in [0.1, 0.15) is 28.4 Å². The number of carbonyl (C=O) groups is 1. The van der Waals surface area contributed by atoms with Gasteiger partial charge in [-0.3, -0.25) is 0 Å². The van der Waals surface area contributed by atoms with Gasteiger partial charge in [0.25, 0.3) is 0 Å². The van der Waals surface area contributed by atoms with E-state index in [1.54, 1.807) is 0 Å². The molecule has 1 unspecified atom stereocenters.